The Morgan fingerprint density at radius 3 is 3.00 bits per heavy atom. The molecular weight excluding hydrogens is 232 g/mol. The van der Waals surface area contributed by atoms with E-state index in [9.17, 15) is 9.59 Å². The lowest BCUT2D eigenvalue weighted by molar-refractivity contribution is -0.120. The minimum absolute atomic E-state index is 0.233. The first-order chi connectivity index (χ1) is 8.65. The maximum Gasteiger partial charge on any atom is 0.328 e. The molecule has 3 heterocycles. The van der Waals surface area contributed by atoms with Gasteiger partial charge in [0.1, 0.15) is 5.65 Å². The van der Waals surface area contributed by atoms with E-state index >= 15 is 0 Å². The van der Waals surface area contributed by atoms with Crippen LogP contribution in [0, 0.1) is 6.92 Å². The Labute approximate surface area is 103 Å². The Hall–Kier alpha value is -2.37. The van der Waals surface area contributed by atoms with Gasteiger partial charge in [0.05, 0.1) is 11.9 Å². The fourth-order valence-corrected chi connectivity index (χ4v) is 2.08. The van der Waals surface area contributed by atoms with E-state index in [0.29, 0.717) is 18.7 Å². The number of amides is 3. The number of rotatable bonds is 1. The van der Waals surface area contributed by atoms with Crippen LogP contribution in [0.5, 0.6) is 0 Å². The van der Waals surface area contributed by atoms with Crippen LogP contribution in [0.25, 0.3) is 11.0 Å². The Balaban J connectivity index is 2.01. The largest absolute Gasteiger partial charge is 0.346 e. The fraction of sp³-hybridized carbons (Fsp3) is 0.250. The molecule has 1 fully saturated rings. The number of aryl methyl sites for hydroxylation is 1. The van der Waals surface area contributed by atoms with Crippen molar-refractivity contribution >= 4 is 28.7 Å². The number of fused-ring (bicyclic) bond motifs is 1. The monoisotopic (exact) mass is 244 g/mol. The average molecular weight is 244 g/mol. The molecule has 92 valence electrons. The van der Waals surface area contributed by atoms with E-state index in [1.165, 1.54) is 4.90 Å². The van der Waals surface area contributed by atoms with Gasteiger partial charge in [-0.15, -0.1) is 0 Å². The van der Waals surface area contributed by atoms with Gasteiger partial charge in [0.15, 0.2) is 0 Å². The fourth-order valence-electron chi connectivity index (χ4n) is 2.08. The summed E-state index contributed by atoms with van der Waals surface area (Å²) in [7, 11) is 0. The predicted molar refractivity (Wildman–Crippen MR) is 66.3 cm³/mol. The van der Waals surface area contributed by atoms with E-state index in [2.05, 4.69) is 15.3 Å². The molecule has 0 radical (unpaired) electrons. The summed E-state index contributed by atoms with van der Waals surface area (Å²) in [5.41, 5.74) is 2.58. The van der Waals surface area contributed by atoms with Crippen molar-refractivity contribution in [2.75, 3.05) is 11.4 Å². The zero-order chi connectivity index (χ0) is 12.7. The Morgan fingerprint density at radius 2 is 2.22 bits per heavy atom. The van der Waals surface area contributed by atoms with Crippen LogP contribution in [0.4, 0.5) is 10.5 Å². The molecule has 1 aliphatic heterocycles. The van der Waals surface area contributed by atoms with Crippen molar-refractivity contribution in [3.8, 4) is 0 Å². The smallest absolute Gasteiger partial charge is 0.328 e. The third-order valence-electron chi connectivity index (χ3n) is 3.09. The summed E-state index contributed by atoms with van der Waals surface area (Å²) in [5.74, 6) is -0.233. The molecule has 2 N–H and O–H groups in total. The van der Waals surface area contributed by atoms with E-state index < -0.39 is 0 Å². The molecule has 0 aliphatic carbocycles. The van der Waals surface area contributed by atoms with Crippen molar-refractivity contribution in [2.45, 2.75) is 13.3 Å². The molecule has 0 saturated carbocycles. The number of carbonyl (C=O) groups is 2. The lowest BCUT2D eigenvalue weighted by Gasteiger charge is -2.26. The average Bonchev–Trinajstić information content (AvgIpc) is 2.71. The highest BCUT2D eigenvalue weighted by Gasteiger charge is 2.24. The van der Waals surface area contributed by atoms with Gasteiger partial charge in [-0.05, 0) is 18.6 Å². The summed E-state index contributed by atoms with van der Waals surface area (Å²) in [6.07, 6.45) is 3.82. The van der Waals surface area contributed by atoms with Crippen molar-refractivity contribution in [3.63, 3.8) is 0 Å². The zero-order valence-corrected chi connectivity index (χ0v) is 9.86. The third-order valence-corrected chi connectivity index (χ3v) is 3.09. The maximum atomic E-state index is 11.7. The number of imide groups is 1. The van der Waals surface area contributed by atoms with Crippen molar-refractivity contribution in [1.82, 2.24) is 15.3 Å². The zero-order valence-electron chi connectivity index (χ0n) is 9.86. The van der Waals surface area contributed by atoms with Crippen LogP contribution in [0.3, 0.4) is 0 Å². The standard InChI is InChI=1S/C12H12N4O2/c1-7-5-13-11-9(7)4-8(6-14-11)16-3-2-10(17)15-12(16)18/h4-6H,2-3H2,1H3,(H,13,14)(H,15,17,18). The van der Waals surface area contributed by atoms with Gasteiger partial charge in [-0.3, -0.25) is 15.0 Å². The number of pyridine rings is 1. The molecule has 0 aromatic carbocycles. The number of hydrogen-bond acceptors (Lipinski definition) is 3. The number of aromatic nitrogens is 2. The van der Waals surface area contributed by atoms with Gasteiger partial charge < -0.3 is 4.98 Å². The summed E-state index contributed by atoms with van der Waals surface area (Å²) in [5, 5.41) is 3.28. The molecule has 6 nitrogen and oxygen atoms in total. The van der Waals surface area contributed by atoms with Crippen LogP contribution in [0.15, 0.2) is 18.5 Å². The number of aromatic amines is 1. The maximum absolute atomic E-state index is 11.7. The van der Waals surface area contributed by atoms with Gasteiger partial charge >= 0.3 is 6.03 Å². The molecule has 0 atom stereocenters. The number of nitrogens with zero attached hydrogens (tertiary/aromatic N) is 2. The van der Waals surface area contributed by atoms with Crippen molar-refractivity contribution in [1.29, 1.82) is 0 Å². The molecular formula is C12H12N4O2. The third kappa shape index (κ3) is 1.62. The highest BCUT2D eigenvalue weighted by molar-refractivity contribution is 6.06. The highest BCUT2D eigenvalue weighted by atomic mass is 16.2. The molecule has 2 aromatic rings. The second-order valence-electron chi connectivity index (χ2n) is 4.32. The van der Waals surface area contributed by atoms with Crippen molar-refractivity contribution in [3.05, 3.63) is 24.0 Å². The second kappa shape index (κ2) is 3.83. The summed E-state index contributed by atoms with van der Waals surface area (Å²) in [6, 6.07) is 1.52. The van der Waals surface area contributed by atoms with E-state index in [1.807, 2.05) is 19.2 Å². The van der Waals surface area contributed by atoms with Crippen LogP contribution < -0.4 is 10.2 Å². The number of carbonyl (C=O) groups excluding carboxylic acids is 2. The molecule has 2 aromatic heterocycles. The minimum atomic E-state index is -0.388. The second-order valence-corrected chi connectivity index (χ2v) is 4.32. The molecule has 0 spiro atoms. The van der Waals surface area contributed by atoms with E-state index in [-0.39, 0.29) is 11.9 Å². The van der Waals surface area contributed by atoms with Crippen LogP contribution in [-0.4, -0.2) is 28.5 Å². The van der Waals surface area contributed by atoms with Crippen LogP contribution in [0.1, 0.15) is 12.0 Å². The summed E-state index contributed by atoms with van der Waals surface area (Å²) < 4.78 is 0. The first kappa shape index (κ1) is 10.8. The summed E-state index contributed by atoms with van der Waals surface area (Å²) >= 11 is 0. The molecule has 0 bridgehead atoms. The Kier molecular flexibility index (Phi) is 2.29. The van der Waals surface area contributed by atoms with Gasteiger partial charge in [-0.2, -0.15) is 0 Å². The normalized spacial score (nSPS) is 16.2. The Bertz CT molecular complexity index is 647. The number of urea groups is 1. The molecule has 1 aliphatic rings. The Morgan fingerprint density at radius 1 is 1.39 bits per heavy atom. The van der Waals surface area contributed by atoms with E-state index in [0.717, 1.165) is 16.6 Å². The lowest BCUT2D eigenvalue weighted by atomic mass is 10.2. The number of H-pyrrole nitrogens is 1. The van der Waals surface area contributed by atoms with Gasteiger partial charge in [-0.1, -0.05) is 0 Å². The SMILES string of the molecule is Cc1c[nH]c2ncc(N3CCC(=O)NC3=O)cc12. The van der Waals surface area contributed by atoms with Crippen LogP contribution in [-0.2, 0) is 4.79 Å². The quantitative estimate of drug-likeness (QED) is 0.794. The van der Waals surface area contributed by atoms with Crippen LogP contribution >= 0.6 is 0 Å². The topological polar surface area (TPSA) is 78.1 Å². The molecule has 1 saturated heterocycles. The molecule has 6 heteroatoms. The first-order valence-electron chi connectivity index (χ1n) is 5.70. The number of hydrogen-bond donors (Lipinski definition) is 2. The van der Waals surface area contributed by atoms with E-state index in [1.54, 1.807) is 6.20 Å². The van der Waals surface area contributed by atoms with Crippen molar-refractivity contribution < 1.29 is 9.59 Å². The van der Waals surface area contributed by atoms with Gasteiger partial charge in [0.25, 0.3) is 0 Å². The van der Waals surface area contributed by atoms with Crippen LogP contribution in [0.2, 0.25) is 0 Å². The van der Waals surface area contributed by atoms with Gasteiger partial charge in [0, 0.05) is 24.5 Å². The molecule has 3 amide bonds. The highest BCUT2D eigenvalue weighted by Crippen LogP contribution is 2.23. The first-order valence-corrected chi connectivity index (χ1v) is 5.70. The van der Waals surface area contributed by atoms with E-state index in [4.69, 9.17) is 0 Å². The number of anilines is 1. The minimum Gasteiger partial charge on any atom is -0.346 e. The molecule has 0 unspecified atom stereocenters. The number of nitrogens with one attached hydrogen (secondary N) is 2. The molecule has 3 rings (SSSR count). The predicted octanol–water partition coefficient (Wildman–Crippen LogP) is 1.32. The lowest BCUT2D eigenvalue weighted by Crippen LogP contribution is -2.49. The van der Waals surface area contributed by atoms with Gasteiger partial charge in [-0.25, -0.2) is 9.78 Å². The van der Waals surface area contributed by atoms with Gasteiger partial charge in [0.2, 0.25) is 5.91 Å². The molecule has 18 heavy (non-hydrogen) atoms. The van der Waals surface area contributed by atoms with Crippen molar-refractivity contribution in [2.24, 2.45) is 0 Å². The summed E-state index contributed by atoms with van der Waals surface area (Å²) in [4.78, 5) is 31.7. The summed E-state index contributed by atoms with van der Waals surface area (Å²) in [6.45, 7) is 2.37.